The van der Waals surface area contributed by atoms with Crippen LogP contribution in [0.3, 0.4) is 0 Å². The van der Waals surface area contributed by atoms with Crippen molar-refractivity contribution < 1.29 is 4.39 Å². The molecule has 1 N–H and O–H groups in total. The Bertz CT molecular complexity index is 363. The van der Waals surface area contributed by atoms with E-state index in [4.69, 9.17) is 0 Å². The summed E-state index contributed by atoms with van der Waals surface area (Å²) >= 11 is 0. The summed E-state index contributed by atoms with van der Waals surface area (Å²) in [4.78, 5) is 0. The van der Waals surface area contributed by atoms with Crippen LogP contribution in [0.2, 0.25) is 0 Å². The average molecular weight is 205 g/mol. The number of anilines is 1. The molecule has 0 aromatic heterocycles. The maximum absolute atomic E-state index is 13.4. The summed E-state index contributed by atoms with van der Waals surface area (Å²) in [6, 6.07) is 7.50. The molecule has 80 valence electrons. The lowest BCUT2D eigenvalue weighted by molar-refractivity contribution is 0.438. The molecule has 0 spiro atoms. The Hall–Kier alpha value is -1.05. The Morgan fingerprint density at radius 2 is 2.00 bits per heavy atom. The van der Waals surface area contributed by atoms with Crippen molar-refractivity contribution >= 4 is 5.69 Å². The molecule has 15 heavy (non-hydrogen) atoms. The van der Waals surface area contributed by atoms with Gasteiger partial charge in [0.05, 0.1) is 5.69 Å². The van der Waals surface area contributed by atoms with Gasteiger partial charge in [0.25, 0.3) is 0 Å². The van der Waals surface area contributed by atoms with Gasteiger partial charge in [0, 0.05) is 6.04 Å². The molecular formula is C13H16FN. The van der Waals surface area contributed by atoms with Gasteiger partial charge in [-0.25, -0.2) is 4.39 Å². The zero-order valence-corrected chi connectivity index (χ0v) is 8.75. The predicted molar refractivity (Wildman–Crippen MR) is 59.3 cm³/mol. The number of hydrogen-bond acceptors (Lipinski definition) is 1. The number of nitrogens with one attached hydrogen (secondary N) is 1. The molecule has 2 bridgehead atoms. The fourth-order valence-corrected chi connectivity index (χ4v) is 3.20. The molecule has 2 saturated carbocycles. The maximum Gasteiger partial charge on any atom is 0.146 e. The SMILES string of the molecule is Fc1ccccc1N[C@H]1C[C@@H]2CC[C@@H]1C2. The highest BCUT2D eigenvalue weighted by molar-refractivity contribution is 5.45. The quantitative estimate of drug-likeness (QED) is 0.780. The molecule has 2 fully saturated rings. The molecule has 3 atom stereocenters. The zero-order chi connectivity index (χ0) is 10.3. The number of fused-ring (bicyclic) bond motifs is 2. The Kier molecular flexibility index (Phi) is 2.15. The monoisotopic (exact) mass is 205 g/mol. The molecule has 2 aliphatic carbocycles. The highest BCUT2D eigenvalue weighted by Crippen LogP contribution is 2.45. The van der Waals surface area contributed by atoms with Gasteiger partial charge in [-0.1, -0.05) is 18.6 Å². The van der Waals surface area contributed by atoms with E-state index >= 15 is 0 Å². The summed E-state index contributed by atoms with van der Waals surface area (Å²) in [6.07, 6.45) is 5.31. The van der Waals surface area contributed by atoms with Crippen molar-refractivity contribution in [3.05, 3.63) is 30.1 Å². The van der Waals surface area contributed by atoms with E-state index in [1.54, 1.807) is 6.07 Å². The molecule has 0 aliphatic heterocycles. The van der Waals surface area contributed by atoms with Gasteiger partial charge in [0.2, 0.25) is 0 Å². The minimum Gasteiger partial charge on any atom is -0.380 e. The Morgan fingerprint density at radius 1 is 1.13 bits per heavy atom. The van der Waals surface area contributed by atoms with Crippen molar-refractivity contribution in [3.63, 3.8) is 0 Å². The van der Waals surface area contributed by atoms with Crippen LogP contribution in [0.1, 0.15) is 25.7 Å². The number of halogens is 1. The highest BCUT2D eigenvalue weighted by atomic mass is 19.1. The first kappa shape index (κ1) is 9.20. The molecule has 0 heterocycles. The lowest BCUT2D eigenvalue weighted by Gasteiger charge is -2.24. The third kappa shape index (κ3) is 1.62. The third-order valence-electron chi connectivity index (χ3n) is 3.95. The third-order valence-corrected chi connectivity index (χ3v) is 3.95. The number of benzene rings is 1. The average Bonchev–Trinajstić information content (AvgIpc) is 2.83. The Labute approximate surface area is 89.7 Å². The fraction of sp³-hybridized carbons (Fsp3) is 0.538. The number of hydrogen-bond donors (Lipinski definition) is 1. The van der Waals surface area contributed by atoms with Crippen LogP contribution in [0.4, 0.5) is 10.1 Å². The lowest BCUT2D eigenvalue weighted by Crippen LogP contribution is -2.26. The maximum atomic E-state index is 13.4. The van der Waals surface area contributed by atoms with Crippen LogP contribution in [0.25, 0.3) is 0 Å². The molecule has 1 nitrogen and oxygen atoms in total. The minimum absolute atomic E-state index is 0.125. The number of para-hydroxylation sites is 1. The summed E-state index contributed by atoms with van der Waals surface area (Å²) in [6.45, 7) is 0. The minimum atomic E-state index is -0.125. The topological polar surface area (TPSA) is 12.0 Å². The van der Waals surface area contributed by atoms with E-state index in [2.05, 4.69) is 5.32 Å². The van der Waals surface area contributed by atoms with Crippen LogP contribution >= 0.6 is 0 Å². The molecule has 2 heteroatoms. The molecule has 0 unspecified atom stereocenters. The summed E-state index contributed by atoms with van der Waals surface area (Å²) in [5.41, 5.74) is 0.676. The largest absolute Gasteiger partial charge is 0.380 e. The van der Waals surface area contributed by atoms with E-state index in [9.17, 15) is 4.39 Å². The lowest BCUT2D eigenvalue weighted by atomic mass is 9.95. The van der Waals surface area contributed by atoms with Crippen molar-refractivity contribution in [2.24, 2.45) is 11.8 Å². The Morgan fingerprint density at radius 3 is 2.67 bits per heavy atom. The molecule has 0 amide bonds. The molecular weight excluding hydrogens is 189 g/mol. The standard InChI is InChI=1S/C13H16FN/c14-11-3-1-2-4-12(11)15-13-8-9-5-6-10(13)7-9/h1-4,9-10,13,15H,5-8H2/t9-,10-,13+/m1/s1. The van der Waals surface area contributed by atoms with E-state index in [1.807, 2.05) is 12.1 Å². The van der Waals surface area contributed by atoms with Crippen molar-refractivity contribution in [1.29, 1.82) is 0 Å². The van der Waals surface area contributed by atoms with Crippen molar-refractivity contribution in [1.82, 2.24) is 0 Å². The zero-order valence-electron chi connectivity index (χ0n) is 8.75. The van der Waals surface area contributed by atoms with E-state index < -0.39 is 0 Å². The first-order valence-corrected chi connectivity index (χ1v) is 5.84. The van der Waals surface area contributed by atoms with Gasteiger partial charge in [-0.15, -0.1) is 0 Å². The van der Waals surface area contributed by atoms with Crippen LogP contribution in [0.5, 0.6) is 0 Å². The second-order valence-corrected chi connectivity index (χ2v) is 4.91. The van der Waals surface area contributed by atoms with Crippen molar-refractivity contribution in [2.75, 3.05) is 5.32 Å². The molecule has 1 aromatic rings. The summed E-state index contributed by atoms with van der Waals surface area (Å²) < 4.78 is 13.4. The van der Waals surface area contributed by atoms with Crippen LogP contribution in [-0.2, 0) is 0 Å². The van der Waals surface area contributed by atoms with Gasteiger partial charge >= 0.3 is 0 Å². The first-order chi connectivity index (χ1) is 7.33. The predicted octanol–water partition coefficient (Wildman–Crippen LogP) is 3.43. The molecule has 3 rings (SSSR count). The van der Waals surface area contributed by atoms with Gasteiger partial charge in [0.1, 0.15) is 5.82 Å². The second kappa shape index (κ2) is 3.51. The van der Waals surface area contributed by atoms with E-state index in [-0.39, 0.29) is 5.82 Å². The van der Waals surface area contributed by atoms with Crippen molar-refractivity contribution in [2.45, 2.75) is 31.7 Å². The first-order valence-electron chi connectivity index (χ1n) is 5.84. The van der Waals surface area contributed by atoms with E-state index in [0.717, 1.165) is 11.8 Å². The molecule has 0 saturated heterocycles. The van der Waals surface area contributed by atoms with Crippen LogP contribution in [-0.4, -0.2) is 6.04 Å². The van der Waals surface area contributed by atoms with Gasteiger partial charge in [-0.05, 0) is 43.2 Å². The Balaban J connectivity index is 1.73. The van der Waals surface area contributed by atoms with Crippen LogP contribution < -0.4 is 5.32 Å². The summed E-state index contributed by atoms with van der Waals surface area (Å²) in [5, 5.41) is 3.37. The molecule has 1 aromatic carbocycles. The number of rotatable bonds is 2. The van der Waals surface area contributed by atoms with E-state index in [0.29, 0.717) is 11.7 Å². The highest BCUT2D eigenvalue weighted by Gasteiger charge is 2.39. The summed E-state index contributed by atoms with van der Waals surface area (Å²) in [5.74, 6) is 1.56. The van der Waals surface area contributed by atoms with Crippen LogP contribution in [0.15, 0.2) is 24.3 Å². The summed E-state index contributed by atoms with van der Waals surface area (Å²) in [7, 11) is 0. The molecule has 0 radical (unpaired) electrons. The van der Waals surface area contributed by atoms with E-state index in [1.165, 1.54) is 31.7 Å². The second-order valence-electron chi connectivity index (χ2n) is 4.91. The van der Waals surface area contributed by atoms with Gasteiger partial charge in [-0.2, -0.15) is 0 Å². The normalized spacial score (nSPS) is 33.3. The van der Waals surface area contributed by atoms with Crippen molar-refractivity contribution in [3.8, 4) is 0 Å². The van der Waals surface area contributed by atoms with Gasteiger partial charge in [-0.3, -0.25) is 0 Å². The van der Waals surface area contributed by atoms with Gasteiger partial charge in [0.15, 0.2) is 0 Å². The smallest absolute Gasteiger partial charge is 0.146 e. The van der Waals surface area contributed by atoms with Crippen LogP contribution in [0, 0.1) is 17.7 Å². The van der Waals surface area contributed by atoms with Gasteiger partial charge < -0.3 is 5.32 Å². The fourth-order valence-electron chi connectivity index (χ4n) is 3.20. The molecule has 2 aliphatic rings.